The summed E-state index contributed by atoms with van der Waals surface area (Å²) < 4.78 is 0. The number of anilines is 1. The summed E-state index contributed by atoms with van der Waals surface area (Å²) in [7, 11) is 0. The van der Waals surface area contributed by atoms with Crippen LogP contribution in [-0.4, -0.2) is 25.0 Å². The molecule has 0 aliphatic carbocycles. The average Bonchev–Trinajstić information content (AvgIpc) is 2.36. The zero-order valence-corrected chi connectivity index (χ0v) is 10.9. The summed E-state index contributed by atoms with van der Waals surface area (Å²) in [5, 5.41) is 12.3. The Hall–Kier alpha value is -1.73. The predicted molar refractivity (Wildman–Crippen MR) is 70.6 cm³/mol. The highest BCUT2D eigenvalue weighted by Gasteiger charge is 2.30. The SMILES string of the molecule is Cc1c(Cl)cccc1N1CCNC(=O)C1CC#N. The molecular formula is C13H14ClN3O. The van der Waals surface area contributed by atoms with Crippen molar-refractivity contribution in [3.8, 4) is 6.07 Å². The third-order valence-electron chi connectivity index (χ3n) is 3.16. The predicted octanol–water partition coefficient (Wildman–Crippen LogP) is 1.87. The van der Waals surface area contributed by atoms with E-state index < -0.39 is 6.04 Å². The molecule has 1 atom stereocenters. The van der Waals surface area contributed by atoms with Crippen LogP contribution in [0.2, 0.25) is 5.02 Å². The van der Waals surface area contributed by atoms with E-state index in [0.29, 0.717) is 18.1 Å². The summed E-state index contributed by atoms with van der Waals surface area (Å²) in [6.45, 7) is 3.21. The number of hydrogen-bond acceptors (Lipinski definition) is 3. The van der Waals surface area contributed by atoms with E-state index in [1.807, 2.05) is 30.0 Å². The van der Waals surface area contributed by atoms with Gasteiger partial charge in [-0.15, -0.1) is 0 Å². The highest BCUT2D eigenvalue weighted by molar-refractivity contribution is 6.31. The van der Waals surface area contributed by atoms with Crippen LogP contribution in [-0.2, 0) is 4.79 Å². The molecule has 1 amide bonds. The minimum Gasteiger partial charge on any atom is -0.357 e. The van der Waals surface area contributed by atoms with Crippen LogP contribution < -0.4 is 10.2 Å². The van der Waals surface area contributed by atoms with E-state index in [1.54, 1.807) is 0 Å². The Kier molecular flexibility index (Phi) is 3.73. The summed E-state index contributed by atoms with van der Waals surface area (Å²) in [6, 6.07) is 7.26. The lowest BCUT2D eigenvalue weighted by molar-refractivity contribution is -0.123. The molecule has 5 heteroatoms. The number of piperazine rings is 1. The molecule has 1 N–H and O–H groups in total. The summed E-state index contributed by atoms with van der Waals surface area (Å²) in [5.74, 6) is -0.0952. The van der Waals surface area contributed by atoms with E-state index in [0.717, 1.165) is 11.3 Å². The number of benzene rings is 1. The van der Waals surface area contributed by atoms with Gasteiger partial charge in [-0.1, -0.05) is 17.7 Å². The molecular weight excluding hydrogens is 250 g/mol. The van der Waals surface area contributed by atoms with Gasteiger partial charge in [-0.2, -0.15) is 5.26 Å². The molecule has 1 aliphatic rings. The lowest BCUT2D eigenvalue weighted by Gasteiger charge is -2.36. The summed E-state index contributed by atoms with van der Waals surface area (Å²) >= 11 is 6.10. The molecule has 2 rings (SSSR count). The molecule has 0 radical (unpaired) electrons. The molecule has 0 bridgehead atoms. The second-order valence-corrected chi connectivity index (χ2v) is 4.65. The van der Waals surface area contributed by atoms with Gasteiger partial charge in [0.1, 0.15) is 6.04 Å². The number of halogens is 1. The van der Waals surface area contributed by atoms with Gasteiger partial charge in [-0.05, 0) is 24.6 Å². The third-order valence-corrected chi connectivity index (χ3v) is 3.57. The van der Waals surface area contributed by atoms with Crippen molar-refractivity contribution in [1.82, 2.24) is 5.32 Å². The van der Waals surface area contributed by atoms with Crippen LogP contribution >= 0.6 is 11.6 Å². The molecule has 0 saturated carbocycles. The Morgan fingerprint density at radius 3 is 3.11 bits per heavy atom. The molecule has 1 unspecified atom stereocenters. The lowest BCUT2D eigenvalue weighted by Crippen LogP contribution is -2.55. The first-order chi connectivity index (χ1) is 8.65. The fraction of sp³-hybridized carbons (Fsp3) is 0.385. The number of amides is 1. The van der Waals surface area contributed by atoms with Crippen LogP contribution in [0.25, 0.3) is 0 Å². The maximum absolute atomic E-state index is 11.8. The maximum atomic E-state index is 11.8. The molecule has 18 heavy (non-hydrogen) atoms. The first kappa shape index (κ1) is 12.7. The number of nitriles is 1. The number of nitrogens with one attached hydrogen (secondary N) is 1. The van der Waals surface area contributed by atoms with Crippen molar-refractivity contribution in [1.29, 1.82) is 5.26 Å². The topological polar surface area (TPSA) is 56.1 Å². The quantitative estimate of drug-likeness (QED) is 0.886. The number of hydrogen-bond donors (Lipinski definition) is 1. The fourth-order valence-electron chi connectivity index (χ4n) is 2.20. The first-order valence-electron chi connectivity index (χ1n) is 5.81. The standard InChI is InChI=1S/C13H14ClN3O/c1-9-10(14)3-2-4-11(9)17-8-7-16-13(18)12(17)5-6-15/h2-4,12H,5,7-8H2,1H3,(H,16,18). The Balaban J connectivity index is 2.38. The second-order valence-electron chi connectivity index (χ2n) is 4.25. The number of carbonyl (C=O) groups excluding carboxylic acids is 1. The van der Waals surface area contributed by atoms with E-state index in [1.165, 1.54) is 0 Å². The van der Waals surface area contributed by atoms with Crippen molar-refractivity contribution in [2.75, 3.05) is 18.0 Å². The summed E-state index contributed by atoms with van der Waals surface area (Å²) in [6.07, 6.45) is 0.178. The van der Waals surface area contributed by atoms with Gasteiger partial charge in [0.15, 0.2) is 0 Å². The van der Waals surface area contributed by atoms with E-state index in [9.17, 15) is 4.79 Å². The van der Waals surface area contributed by atoms with Crippen molar-refractivity contribution < 1.29 is 4.79 Å². The van der Waals surface area contributed by atoms with Gasteiger partial charge in [0, 0.05) is 23.8 Å². The van der Waals surface area contributed by atoms with E-state index in [2.05, 4.69) is 11.4 Å². The Labute approximate surface area is 111 Å². The minimum atomic E-state index is -0.430. The summed E-state index contributed by atoms with van der Waals surface area (Å²) in [5.41, 5.74) is 1.87. The molecule has 0 spiro atoms. The molecule has 94 valence electrons. The molecule has 1 aromatic carbocycles. The van der Waals surface area contributed by atoms with Crippen LogP contribution in [0, 0.1) is 18.3 Å². The van der Waals surface area contributed by atoms with Crippen molar-refractivity contribution in [2.24, 2.45) is 0 Å². The second kappa shape index (κ2) is 5.28. The average molecular weight is 264 g/mol. The van der Waals surface area contributed by atoms with Gasteiger partial charge in [-0.3, -0.25) is 4.79 Å². The monoisotopic (exact) mass is 263 g/mol. The highest BCUT2D eigenvalue weighted by atomic mass is 35.5. The van der Waals surface area contributed by atoms with Gasteiger partial charge in [0.05, 0.1) is 12.5 Å². The molecule has 1 saturated heterocycles. The van der Waals surface area contributed by atoms with E-state index in [-0.39, 0.29) is 12.3 Å². The van der Waals surface area contributed by atoms with Gasteiger partial charge in [-0.25, -0.2) is 0 Å². The molecule has 1 aromatic rings. The zero-order valence-electron chi connectivity index (χ0n) is 10.1. The molecule has 1 fully saturated rings. The maximum Gasteiger partial charge on any atom is 0.243 e. The van der Waals surface area contributed by atoms with Crippen LogP contribution in [0.15, 0.2) is 18.2 Å². The van der Waals surface area contributed by atoms with Crippen molar-refractivity contribution in [3.05, 3.63) is 28.8 Å². The number of carbonyl (C=O) groups is 1. The Morgan fingerprint density at radius 2 is 2.39 bits per heavy atom. The van der Waals surface area contributed by atoms with Crippen LogP contribution in [0.3, 0.4) is 0 Å². The number of rotatable bonds is 2. The molecule has 4 nitrogen and oxygen atoms in total. The zero-order chi connectivity index (χ0) is 13.1. The van der Waals surface area contributed by atoms with Gasteiger partial charge in [0.2, 0.25) is 5.91 Å². The molecule has 0 aromatic heterocycles. The third kappa shape index (κ3) is 2.27. The Bertz CT molecular complexity index is 509. The fourth-order valence-corrected chi connectivity index (χ4v) is 2.37. The Morgan fingerprint density at radius 1 is 1.61 bits per heavy atom. The van der Waals surface area contributed by atoms with Crippen molar-refractivity contribution in [3.63, 3.8) is 0 Å². The smallest absolute Gasteiger partial charge is 0.243 e. The van der Waals surface area contributed by atoms with Crippen molar-refractivity contribution in [2.45, 2.75) is 19.4 Å². The lowest BCUT2D eigenvalue weighted by atomic mass is 10.1. The van der Waals surface area contributed by atoms with Crippen molar-refractivity contribution >= 4 is 23.2 Å². The van der Waals surface area contributed by atoms with E-state index >= 15 is 0 Å². The van der Waals surface area contributed by atoms with Gasteiger partial charge in [0.25, 0.3) is 0 Å². The van der Waals surface area contributed by atoms with Gasteiger partial charge < -0.3 is 10.2 Å². The van der Waals surface area contributed by atoms with Crippen LogP contribution in [0.4, 0.5) is 5.69 Å². The molecule has 1 aliphatic heterocycles. The van der Waals surface area contributed by atoms with E-state index in [4.69, 9.17) is 16.9 Å². The minimum absolute atomic E-state index is 0.0952. The van der Waals surface area contributed by atoms with Gasteiger partial charge >= 0.3 is 0 Å². The normalized spacial score (nSPS) is 19.3. The van der Waals surface area contributed by atoms with Crippen LogP contribution in [0.5, 0.6) is 0 Å². The highest BCUT2D eigenvalue weighted by Crippen LogP contribution is 2.29. The number of nitrogens with zero attached hydrogens (tertiary/aromatic N) is 2. The molecule has 1 heterocycles. The summed E-state index contributed by atoms with van der Waals surface area (Å²) in [4.78, 5) is 13.8. The first-order valence-corrected chi connectivity index (χ1v) is 6.19. The largest absolute Gasteiger partial charge is 0.357 e. The van der Waals surface area contributed by atoms with Crippen LogP contribution in [0.1, 0.15) is 12.0 Å².